The van der Waals surface area contributed by atoms with E-state index < -0.39 is 0 Å². The van der Waals surface area contributed by atoms with Gasteiger partial charge in [-0.3, -0.25) is 0 Å². The molecular formula is C12H27Al. The molecule has 0 fully saturated rings. The van der Waals surface area contributed by atoms with Crippen LogP contribution in [0.15, 0.2) is 0 Å². The third kappa shape index (κ3) is 8.85. The van der Waals surface area contributed by atoms with Crippen LogP contribution in [0.3, 0.4) is 0 Å². The van der Waals surface area contributed by atoms with Gasteiger partial charge in [0.2, 0.25) is 0 Å². The van der Waals surface area contributed by atoms with Gasteiger partial charge in [0, 0.05) is 0 Å². The first-order valence-corrected chi connectivity index (χ1v) is 8.80. The zero-order valence-corrected chi connectivity index (χ0v) is 11.1. The fourth-order valence-electron chi connectivity index (χ4n) is 1.92. The molecule has 0 bridgehead atoms. The van der Waals surface area contributed by atoms with Gasteiger partial charge >= 0.3 is 0 Å². The van der Waals surface area contributed by atoms with E-state index in [-0.39, 0.29) is 14.1 Å². The van der Waals surface area contributed by atoms with Gasteiger partial charge in [-0.15, -0.1) is 0 Å². The van der Waals surface area contributed by atoms with Crippen LogP contribution in [0, 0.1) is 0 Å². The minimum Gasteiger partial charge on any atom is -0.0967 e. The Bertz CT molecular complexity index is 81.1. The van der Waals surface area contributed by atoms with E-state index in [4.69, 9.17) is 0 Å². The Hall–Kier alpha value is 0.532. The van der Waals surface area contributed by atoms with Gasteiger partial charge in [-0.25, -0.2) is 0 Å². The molecule has 13 heavy (non-hydrogen) atoms. The first-order chi connectivity index (χ1) is 6.35. The second-order valence-electron chi connectivity index (χ2n) is 4.27. The quantitative estimate of drug-likeness (QED) is 0.366. The maximum absolute atomic E-state index is 2.41. The van der Waals surface area contributed by atoms with Crippen LogP contribution in [-0.2, 0) is 0 Å². The highest BCUT2D eigenvalue weighted by Crippen LogP contribution is 2.14. The average Bonchev–Trinajstić information content (AvgIpc) is 2.16. The van der Waals surface area contributed by atoms with Crippen molar-refractivity contribution in [2.75, 3.05) is 0 Å². The SMILES string of the molecule is CCCC[CH2][Al]([CH2]C)[CH2]CCCC. The van der Waals surface area contributed by atoms with Crippen LogP contribution in [-0.4, -0.2) is 14.1 Å². The monoisotopic (exact) mass is 198 g/mol. The summed E-state index contributed by atoms with van der Waals surface area (Å²) in [5.41, 5.74) is 0. The highest BCUT2D eigenvalue weighted by atomic mass is 27.2. The van der Waals surface area contributed by atoms with Crippen molar-refractivity contribution in [3.8, 4) is 0 Å². The van der Waals surface area contributed by atoms with Crippen LogP contribution < -0.4 is 0 Å². The Morgan fingerprint density at radius 3 is 1.46 bits per heavy atom. The molecule has 0 aliphatic carbocycles. The molecule has 0 N–H and O–H groups in total. The molecule has 0 rings (SSSR count). The molecule has 0 unspecified atom stereocenters. The molecule has 0 aromatic rings. The molecule has 0 atom stereocenters. The predicted molar refractivity (Wildman–Crippen MR) is 64.9 cm³/mol. The minimum atomic E-state index is -0.276. The average molecular weight is 198 g/mol. The maximum atomic E-state index is 2.41. The first-order valence-electron chi connectivity index (χ1n) is 6.35. The Balaban J connectivity index is 3.28. The summed E-state index contributed by atoms with van der Waals surface area (Å²) < 4.78 is 0. The van der Waals surface area contributed by atoms with Crippen LogP contribution in [0.5, 0.6) is 0 Å². The molecule has 0 aromatic carbocycles. The molecule has 0 aliphatic rings. The molecule has 0 heterocycles. The van der Waals surface area contributed by atoms with Gasteiger partial charge in [0.15, 0.2) is 0 Å². The third-order valence-corrected chi connectivity index (χ3v) is 6.61. The van der Waals surface area contributed by atoms with Gasteiger partial charge in [0.05, 0.1) is 0 Å². The third-order valence-electron chi connectivity index (χ3n) is 3.01. The van der Waals surface area contributed by atoms with E-state index in [1.807, 2.05) is 0 Å². The van der Waals surface area contributed by atoms with E-state index in [1.165, 1.54) is 43.8 Å². The van der Waals surface area contributed by atoms with E-state index in [0.29, 0.717) is 0 Å². The van der Waals surface area contributed by atoms with E-state index in [1.54, 1.807) is 10.6 Å². The van der Waals surface area contributed by atoms with Crippen molar-refractivity contribution in [3.63, 3.8) is 0 Å². The van der Waals surface area contributed by atoms with Gasteiger partial charge in [-0.1, -0.05) is 75.1 Å². The summed E-state index contributed by atoms with van der Waals surface area (Å²) in [4.78, 5) is 0. The lowest BCUT2D eigenvalue weighted by atomic mass is 10.3. The summed E-state index contributed by atoms with van der Waals surface area (Å²) in [5.74, 6) is 0. The lowest BCUT2D eigenvalue weighted by molar-refractivity contribution is 0.744. The maximum Gasteiger partial charge on any atom is 0.261 e. The Kier molecular flexibility index (Phi) is 11.0. The predicted octanol–water partition coefficient (Wildman–Crippen LogP) is 4.88. The van der Waals surface area contributed by atoms with Crippen LogP contribution in [0.1, 0.15) is 59.3 Å². The summed E-state index contributed by atoms with van der Waals surface area (Å²) in [7, 11) is 0. The fourth-order valence-corrected chi connectivity index (χ4v) is 4.76. The Morgan fingerprint density at radius 1 is 0.692 bits per heavy atom. The molecule has 0 radical (unpaired) electrons. The van der Waals surface area contributed by atoms with E-state index in [9.17, 15) is 0 Å². The normalized spacial score (nSPS) is 10.4. The second-order valence-corrected chi connectivity index (χ2v) is 7.97. The topological polar surface area (TPSA) is 0 Å². The van der Waals surface area contributed by atoms with E-state index in [2.05, 4.69) is 20.8 Å². The smallest absolute Gasteiger partial charge is 0.0967 e. The van der Waals surface area contributed by atoms with Gasteiger partial charge in [-0.05, 0) is 0 Å². The first kappa shape index (κ1) is 13.5. The molecule has 78 valence electrons. The summed E-state index contributed by atoms with van der Waals surface area (Å²) in [5, 5.41) is 4.77. The largest absolute Gasteiger partial charge is 0.261 e. The number of unbranched alkanes of at least 4 members (excludes halogenated alkanes) is 4. The van der Waals surface area contributed by atoms with Crippen molar-refractivity contribution in [3.05, 3.63) is 0 Å². The summed E-state index contributed by atoms with van der Waals surface area (Å²) in [6.45, 7) is 7.02. The van der Waals surface area contributed by atoms with Crippen molar-refractivity contribution in [2.45, 2.75) is 75.1 Å². The highest BCUT2D eigenvalue weighted by molar-refractivity contribution is 6.58. The van der Waals surface area contributed by atoms with E-state index in [0.717, 1.165) is 0 Å². The minimum absolute atomic E-state index is 0.276. The molecule has 1 heteroatoms. The lowest BCUT2D eigenvalue weighted by Gasteiger charge is -2.08. The summed E-state index contributed by atoms with van der Waals surface area (Å²) in [6, 6.07) is 0. The Labute approximate surface area is 89.5 Å². The van der Waals surface area contributed by atoms with Crippen LogP contribution >= 0.6 is 0 Å². The van der Waals surface area contributed by atoms with Gasteiger partial charge < -0.3 is 0 Å². The molecular weight excluding hydrogens is 171 g/mol. The molecule has 0 saturated carbocycles. The molecule has 0 saturated heterocycles. The van der Waals surface area contributed by atoms with E-state index >= 15 is 0 Å². The molecule has 0 aliphatic heterocycles. The highest BCUT2D eigenvalue weighted by Gasteiger charge is 2.12. The van der Waals surface area contributed by atoms with Crippen molar-refractivity contribution in [2.24, 2.45) is 0 Å². The standard InChI is InChI=1S/2C5H11.C2H5.Al/c2*1-3-5-4-2;1-2;/h2*1,3-5H2,2H3;1H2,2H3;. The molecule has 0 amide bonds. The van der Waals surface area contributed by atoms with Crippen molar-refractivity contribution in [1.82, 2.24) is 0 Å². The molecule has 0 spiro atoms. The molecule has 0 aromatic heterocycles. The number of hydrogen-bond acceptors (Lipinski definition) is 0. The Morgan fingerprint density at radius 2 is 1.15 bits per heavy atom. The zero-order chi connectivity index (χ0) is 9.94. The summed E-state index contributed by atoms with van der Waals surface area (Å²) >= 11 is -0.276. The van der Waals surface area contributed by atoms with Crippen LogP contribution in [0.25, 0.3) is 0 Å². The second kappa shape index (κ2) is 10.6. The fraction of sp³-hybridized carbons (Fsp3) is 1.00. The zero-order valence-electron chi connectivity index (χ0n) is 9.94. The van der Waals surface area contributed by atoms with Crippen molar-refractivity contribution >= 4 is 14.1 Å². The van der Waals surface area contributed by atoms with Gasteiger partial charge in [-0.2, -0.15) is 0 Å². The van der Waals surface area contributed by atoms with Crippen LogP contribution in [0.2, 0.25) is 15.8 Å². The number of hydrogen-bond donors (Lipinski definition) is 0. The lowest BCUT2D eigenvalue weighted by Crippen LogP contribution is -2.09. The van der Waals surface area contributed by atoms with Crippen LogP contribution in [0.4, 0.5) is 0 Å². The summed E-state index contributed by atoms with van der Waals surface area (Å²) in [6.07, 6.45) is 8.76. The number of rotatable bonds is 9. The van der Waals surface area contributed by atoms with Gasteiger partial charge in [0.1, 0.15) is 0 Å². The van der Waals surface area contributed by atoms with Crippen molar-refractivity contribution in [1.29, 1.82) is 0 Å². The molecule has 0 nitrogen and oxygen atoms in total. The van der Waals surface area contributed by atoms with Gasteiger partial charge in [0.25, 0.3) is 14.1 Å². The van der Waals surface area contributed by atoms with Crippen molar-refractivity contribution < 1.29 is 0 Å².